The van der Waals surface area contributed by atoms with Gasteiger partial charge >= 0.3 is 11.9 Å². The van der Waals surface area contributed by atoms with E-state index in [2.05, 4.69) is 0 Å². The Hall–Kier alpha value is -1.58. The van der Waals surface area contributed by atoms with Gasteiger partial charge in [-0.1, -0.05) is 18.2 Å². The Morgan fingerprint density at radius 2 is 2.12 bits per heavy atom. The van der Waals surface area contributed by atoms with Gasteiger partial charge in [0, 0.05) is 5.57 Å². The van der Waals surface area contributed by atoms with Crippen LogP contribution in [0.2, 0.25) is 0 Å². The standard InChI is InChI=1S/C12H12O4/c13-10(14)7-3-8-6-1-2-12(5-6,11(15)16)9(8)4-7/h1-3,6,8-9H,4-5H2,(H,13,14)(H,15,16). The number of fused-ring (bicyclic) bond motifs is 5. The van der Waals surface area contributed by atoms with Crippen LogP contribution in [0.15, 0.2) is 23.8 Å². The molecule has 0 saturated heterocycles. The van der Waals surface area contributed by atoms with Crippen molar-refractivity contribution < 1.29 is 19.8 Å². The van der Waals surface area contributed by atoms with Crippen LogP contribution in [-0.4, -0.2) is 22.2 Å². The third-order valence-electron chi connectivity index (χ3n) is 4.34. The topological polar surface area (TPSA) is 74.6 Å². The summed E-state index contributed by atoms with van der Waals surface area (Å²) in [5.41, 5.74) is -0.419. The lowest BCUT2D eigenvalue weighted by Crippen LogP contribution is -2.33. The zero-order valence-corrected chi connectivity index (χ0v) is 8.59. The molecule has 3 aliphatic rings. The van der Waals surface area contributed by atoms with Crippen LogP contribution in [0.3, 0.4) is 0 Å². The van der Waals surface area contributed by atoms with E-state index in [1.165, 1.54) is 0 Å². The fourth-order valence-corrected chi connectivity index (χ4v) is 3.57. The molecule has 1 fully saturated rings. The molecular formula is C12H12O4. The predicted molar refractivity (Wildman–Crippen MR) is 54.6 cm³/mol. The van der Waals surface area contributed by atoms with E-state index in [1.54, 1.807) is 12.2 Å². The minimum Gasteiger partial charge on any atom is -0.481 e. The SMILES string of the molecule is O=C(O)C1=CC2C3C=CC(C(=O)O)(C3)C2C1. The monoisotopic (exact) mass is 220 g/mol. The normalized spacial score (nSPS) is 43.2. The largest absolute Gasteiger partial charge is 0.481 e. The van der Waals surface area contributed by atoms with Crippen molar-refractivity contribution in [3.05, 3.63) is 23.8 Å². The van der Waals surface area contributed by atoms with Crippen molar-refractivity contribution in [2.75, 3.05) is 0 Å². The van der Waals surface area contributed by atoms with Crippen LogP contribution >= 0.6 is 0 Å². The van der Waals surface area contributed by atoms with E-state index in [-0.39, 0.29) is 17.8 Å². The maximum atomic E-state index is 11.4. The minimum atomic E-state index is -0.908. The zero-order valence-electron chi connectivity index (χ0n) is 8.59. The van der Waals surface area contributed by atoms with Crippen molar-refractivity contribution in [2.24, 2.45) is 23.2 Å². The predicted octanol–water partition coefficient (Wildman–Crippen LogP) is 1.29. The van der Waals surface area contributed by atoms with E-state index >= 15 is 0 Å². The summed E-state index contributed by atoms with van der Waals surface area (Å²) < 4.78 is 0. The molecule has 0 heterocycles. The summed E-state index contributed by atoms with van der Waals surface area (Å²) >= 11 is 0. The van der Waals surface area contributed by atoms with Crippen molar-refractivity contribution in [3.63, 3.8) is 0 Å². The fraction of sp³-hybridized carbons (Fsp3) is 0.500. The number of carbonyl (C=O) groups is 2. The van der Waals surface area contributed by atoms with Gasteiger partial charge in [-0.15, -0.1) is 0 Å². The van der Waals surface area contributed by atoms with Gasteiger partial charge in [-0.25, -0.2) is 4.79 Å². The Bertz CT molecular complexity index is 448. The number of carboxylic acid groups (broad SMARTS) is 2. The molecule has 0 aromatic carbocycles. The van der Waals surface area contributed by atoms with Crippen LogP contribution in [-0.2, 0) is 9.59 Å². The molecule has 84 valence electrons. The summed E-state index contributed by atoms with van der Waals surface area (Å²) in [6.07, 6.45) is 6.52. The summed E-state index contributed by atoms with van der Waals surface area (Å²) in [5.74, 6) is -1.43. The van der Waals surface area contributed by atoms with Crippen LogP contribution < -0.4 is 0 Å². The first-order valence-corrected chi connectivity index (χ1v) is 5.41. The fourth-order valence-electron chi connectivity index (χ4n) is 3.57. The van der Waals surface area contributed by atoms with Crippen LogP contribution in [0, 0.1) is 23.2 Å². The molecular weight excluding hydrogens is 208 g/mol. The van der Waals surface area contributed by atoms with E-state index in [9.17, 15) is 14.7 Å². The molecule has 4 heteroatoms. The van der Waals surface area contributed by atoms with Crippen molar-refractivity contribution in [1.29, 1.82) is 0 Å². The van der Waals surface area contributed by atoms with Gasteiger partial charge in [0.25, 0.3) is 0 Å². The van der Waals surface area contributed by atoms with Crippen LogP contribution in [0.5, 0.6) is 0 Å². The lowest BCUT2D eigenvalue weighted by Gasteiger charge is -2.28. The highest BCUT2D eigenvalue weighted by molar-refractivity contribution is 5.88. The average Bonchev–Trinajstić information content (AvgIpc) is 2.88. The van der Waals surface area contributed by atoms with Gasteiger partial charge in [0.2, 0.25) is 0 Å². The second kappa shape index (κ2) is 2.75. The van der Waals surface area contributed by atoms with Gasteiger partial charge in [0.1, 0.15) is 0 Å². The molecule has 2 N–H and O–H groups in total. The zero-order chi connectivity index (χ0) is 11.5. The van der Waals surface area contributed by atoms with Gasteiger partial charge in [-0.05, 0) is 30.6 Å². The van der Waals surface area contributed by atoms with Gasteiger partial charge < -0.3 is 10.2 Å². The number of hydrogen-bond donors (Lipinski definition) is 2. The highest BCUT2D eigenvalue weighted by Crippen LogP contribution is 2.61. The highest BCUT2D eigenvalue weighted by atomic mass is 16.4. The number of aliphatic carboxylic acids is 2. The number of carboxylic acids is 2. The van der Waals surface area contributed by atoms with Crippen molar-refractivity contribution in [1.82, 2.24) is 0 Å². The number of rotatable bonds is 2. The van der Waals surface area contributed by atoms with Gasteiger partial charge in [-0.2, -0.15) is 0 Å². The first kappa shape index (κ1) is 9.63. The van der Waals surface area contributed by atoms with Gasteiger partial charge in [0.05, 0.1) is 5.41 Å². The number of hydrogen-bond acceptors (Lipinski definition) is 2. The Kier molecular flexibility index (Phi) is 1.66. The molecule has 3 aliphatic carbocycles. The van der Waals surface area contributed by atoms with Crippen LogP contribution in [0.25, 0.3) is 0 Å². The summed E-state index contributed by atoms with van der Waals surface area (Å²) in [6, 6.07) is 0. The lowest BCUT2D eigenvalue weighted by atomic mass is 9.74. The van der Waals surface area contributed by atoms with Gasteiger partial charge in [0.15, 0.2) is 0 Å². The Labute approximate surface area is 92.3 Å². The molecule has 0 amide bonds. The Balaban J connectivity index is 1.99. The minimum absolute atomic E-state index is 0.0499. The molecule has 0 radical (unpaired) electrons. The second-order valence-electron chi connectivity index (χ2n) is 4.96. The molecule has 0 spiro atoms. The van der Waals surface area contributed by atoms with Crippen LogP contribution in [0.4, 0.5) is 0 Å². The van der Waals surface area contributed by atoms with E-state index in [1.807, 2.05) is 6.08 Å². The molecule has 1 saturated carbocycles. The molecule has 0 aromatic rings. The Morgan fingerprint density at radius 3 is 2.75 bits per heavy atom. The van der Waals surface area contributed by atoms with Crippen molar-refractivity contribution in [3.8, 4) is 0 Å². The second-order valence-corrected chi connectivity index (χ2v) is 4.96. The van der Waals surface area contributed by atoms with Crippen molar-refractivity contribution >= 4 is 11.9 Å². The molecule has 4 atom stereocenters. The highest BCUT2D eigenvalue weighted by Gasteiger charge is 2.60. The third-order valence-corrected chi connectivity index (χ3v) is 4.34. The van der Waals surface area contributed by atoms with E-state index in [0.717, 1.165) is 0 Å². The number of allylic oxidation sites excluding steroid dienone is 2. The summed E-state index contributed by atoms with van der Waals surface area (Å²) in [6.45, 7) is 0. The van der Waals surface area contributed by atoms with E-state index < -0.39 is 17.4 Å². The summed E-state index contributed by atoms with van der Waals surface area (Å²) in [4.78, 5) is 22.3. The molecule has 4 unspecified atom stereocenters. The molecule has 2 bridgehead atoms. The van der Waals surface area contributed by atoms with Crippen LogP contribution in [0.1, 0.15) is 12.8 Å². The molecule has 0 aliphatic heterocycles. The molecule has 3 rings (SSSR count). The van der Waals surface area contributed by atoms with E-state index in [0.29, 0.717) is 18.4 Å². The molecule has 16 heavy (non-hydrogen) atoms. The smallest absolute Gasteiger partial charge is 0.331 e. The quantitative estimate of drug-likeness (QED) is 0.688. The maximum absolute atomic E-state index is 11.4. The van der Waals surface area contributed by atoms with E-state index in [4.69, 9.17) is 5.11 Å². The first-order chi connectivity index (χ1) is 7.54. The third kappa shape index (κ3) is 0.944. The Morgan fingerprint density at radius 1 is 1.38 bits per heavy atom. The maximum Gasteiger partial charge on any atom is 0.331 e. The molecule has 0 aromatic heterocycles. The average molecular weight is 220 g/mol. The first-order valence-electron chi connectivity index (χ1n) is 5.41. The lowest BCUT2D eigenvalue weighted by molar-refractivity contribution is -0.148. The van der Waals surface area contributed by atoms with Gasteiger partial charge in [-0.3, -0.25) is 4.79 Å². The summed E-state index contributed by atoms with van der Waals surface area (Å²) in [5, 5.41) is 18.3. The molecule has 4 nitrogen and oxygen atoms in total. The summed E-state index contributed by atoms with van der Waals surface area (Å²) in [7, 11) is 0. The van der Waals surface area contributed by atoms with Crippen molar-refractivity contribution in [2.45, 2.75) is 12.8 Å².